The minimum Gasteiger partial charge on any atom is -0.497 e. The van der Waals surface area contributed by atoms with Crippen molar-refractivity contribution in [3.8, 4) is 11.5 Å². The number of aromatic nitrogens is 2. The minimum atomic E-state index is 0.822. The Bertz CT molecular complexity index is 1920. The van der Waals surface area contributed by atoms with Crippen LogP contribution in [0.15, 0.2) is 146 Å². The average Bonchev–Trinajstić information content (AvgIpc) is 3.19. The first-order chi connectivity index (χ1) is 24.6. The maximum absolute atomic E-state index is 5.53. The van der Waals surface area contributed by atoms with E-state index in [1.807, 2.05) is 24.3 Å². The van der Waals surface area contributed by atoms with Crippen LogP contribution in [-0.2, 0) is 13.1 Å². The average molecular weight is 657 g/mol. The molecule has 0 atom stereocenters. The van der Waals surface area contributed by atoms with Gasteiger partial charge in [0.15, 0.2) is 24.8 Å². The van der Waals surface area contributed by atoms with E-state index in [-0.39, 0.29) is 0 Å². The molecule has 2 heterocycles. The monoisotopic (exact) mass is 656 g/mol. The molecule has 0 radical (unpaired) electrons. The fraction of sp³-hybridized carbons (Fsp3) is 0.130. The highest BCUT2D eigenvalue weighted by molar-refractivity contribution is 6.04. The van der Waals surface area contributed by atoms with Crippen molar-refractivity contribution in [2.24, 2.45) is 0 Å². The molecule has 2 aromatic heterocycles. The summed E-state index contributed by atoms with van der Waals surface area (Å²) in [6, 6.07) is 42.9. The van der Waals surface area contributed by atoms with Crippen LogP contribution in [0.4, 0.5) is 0 Å². The van der Waals surface area contributed by atoms with Crippen LogP contribution < -0.4 is 18.6 Å². The van der Waals surface area contributed by atoms with E-state index in [4.69, 9.17) is 9.47 Å². The summed E-state index contributed by atoms with van der Waals surface area (Å²) in [4.78, 5) is 0. The topological polar surface area (TPSA) is 26.2 Å². The van der Waals surface area contributed by atoms with Gasteiger partial charge in [-0.1, -0.05) is 97.1 Å². The van der Waals surface area contributed by atoms with Crippen molar-refractivity contribution < 1.29 is 18.6 Å². The molecule has 4 nitrogen and oxygen atoms in total. The second-order valence-corrected chi connectivity index (χ2v) is 12.0. The molecule has 0 fully saturated rings. The highest BCUT2D eigenvalue weighted by Crippen LogP contribution is 2.38. The van der Waals surface area contributed by atoms with Crippen LogP contribution in [0.3, 0.4) is 0 Å². The van der Waals surface area contributed by atoms with Crippen LogP contribution in [0.1, 0.15) is 58.4 Å². The fourth-order valence-electron chi connectivity index (χ4n) is 5.91. The zero-order valence-electron chi connectivity index (χ0n) is 29.3. The highest BCUT2D eigenvalue weighted by Gasteiger charge is 2.17. The van der Waals surface area contributed by atoms with E-state index >= 15 is 0 Å². The Kier molecular flexibility index (Phi) is 11.1. The third-order valence-corrected chi connectivity index (χ3v) is 8.91. The molecular weight excluding hydrogens is 613 g/mol. The Labute approximate surface area is 296 Å². The Hall–Kier alpha value is -6.00. The maximum atomic E-state index is 5.53. The Morgan fingerprint density at radius 1 is 0.400 bits per heavy atom. The van der Waals surface area contributed by atoms with Gasteiger partial charge < -0.3 is 9.47 Å². The number of rotatable bonds is 12. The number of benzene rings is 4. The number of pyridine rings is 2. The number of nitrogens with zero attached hydrogens (tertiary/aromatic N) is 2. The molecule has 0 N–H and O–H groups in total. The first kappa shape index (κ1) is 33.9. The van der Waals surface area contributed by atoms with Crippen LogP contribution in [0.5, 0.6) is 11.5 Å². The van der Waals surface area contributed by atoms with Crippen molar-refractivity contribution in [2.75, 3.05) is 14.2 Å². The third kappa shape index (κ3) is 8.34. The van der Waals surface area contributed by atoms with Gasteiger partial charge in [0, 0.05) is 24.3 Å². The van der Waals surface area contributed by atoms with Crippen LogP contribution in [0.2, 0.25) is 0 Å². The molecule has 4 heteroatoms. The molecule has 0 unspecified atom stereocenters. The van der Waals surface area contributed by atoms with Crippen molar-refractivity contribution in [2.45, 2.75) is 26.9 Å². The van der Waals surface area contributed by atoms with Crippen molar-refractivity contribution in [1.82, 2.24) is 0 Å². The molecule has 0 saturated carbocycles. The molecule has 50 heavy (non-hydrogen) atoms. The zero-order valence-corrected chi connectivity index (χ0v) is 29.3. The van der Waals surface area contributed by atoms with E-state index in [2.05, 4.69) is 169 Å². The number of methoxy groups -OCH3 is 2. The lowest BCUT2D eigenvalue weighted by atomic mass is 9.85. The van der Waals surface area contributed by atoms with Gasteiger partial charge in [0.2, 0.25) is 0 Å². The lowest BCUT2D eigenvalue weighted by Crippen LogP contribution is -2.30. The summed E-state index contributed by atoms with van der Waals surface area (Å²) >= 11 is 0. The van der Waals surface area contributed by atoms with E-state index in [0.717, 1.165) is 69.1 Å². The van der Waals surface area contributed by atoms with E-state index < -0.39 is 0 Å². The number of aryl methyl sites for hydroxylation is 2. The van der Waals surface area contributed by atoms with Crippen LogP contribution >= 0.6 is 0 Å². The lowest BCUT2D eigenvalue weighted by molar-refractivity contribution is -0.693. The van der Waals surface area contributed by atoms with Crippen molar-refractivity contribution in [3.63, 3.8) is 0 Å². The first-order valence-corrected chi connectivity index (χ1v) is 17.1. The molecule has 6 rings (SSSR count). The summed E-state index contributed by atoms with van der Waals surface area (Å²) in [5, 5.41) is 0. The summed E-state index contributed by atoms with van der Waals surface area (Å²) in [6.07, 6.45) is 17.1. The highest BCUT2D eigenvalue weighted by atomic mass is 16.5. The van der Waals surface area contributed by atoms with Crippen molar-refractivity contribution in [1.29, 1.82) is 0 Å². The van der Waals surface area contributed by atoms with Gasteiger partial charge in [-0.3, -0.25) is 0 Å². The van der Waals surface area contributed by atoms with Crippen LogP contribution in [0.25, 0.3) is 35.5 Å². The molecule has 0 amide bonds. The number of ether oxygens (including phenoxy) is 2. The molecule has 248 valence electrons. The van der Waals surface area contributed by atoms with E-state index in [1.54, 1.807) is 14.2 Å². The molecule has 0 spiro atoms. The quantitative estimate of drug-likeness (QED) is 0.0969. The Balaban J connectivity index is 1.44. The maximum Gasteiger partial charge on any atom is 0.169 e. The predicted molar refractivity (Wildman–Crippen MR) is 206 cm³/mol. The summed E-state index contributed by atoms with van der Waals surface area (Å²) < 4.78 is 15.4. The third-order valence-electron chi connectivity index (χ3n) is 8.91. The molecule has 0 aliphatic heterocycles. The van der Waals surface area contributed by atoms with Crippen molar-refractivity contribution >= 4 is 35.5 Å². The Morgan fingerprint density at radius 3 is 0.920 bits per heavy atom. The molecule has 0 aliphatic rings. The van der Waals surface area contributed by atoms with E-state index in [0.29, 0.717) is 0 Å². The summed E-state index contributed by atoms with van der Waals surface area (Å²) in [5.74, 6) is 1.64. The molecule has 0 aliphatic carbocycles. The standard InChI is InChI=1S/C46H44N2O2/c1-5-47-31-27-37(28-32-47)9-7-35-11-15-39(16-12-35)45(40-17-13-36(14-18-40)8-10-38-29-33-48(6-2)34-30-38)46(41-19-23-43(49-3)24-20-41)42-21-25-44(50-4)26-22-42/h7-34H,5-6H2,1-4H3/q+2/b9-7+,10-8+. The van der Waals surface area contributed by atoms with Gasteiger partial charge in [-0.25, -0.2) is 9.13 Å². The molecule has 0 bridgehead atoms. The zero-order chi connectivity index (χ0) is 34.7. The lowest BCUT2D eigenvalue weighted by Gasteiger charge is -2.19. The van der Waals surface area contributed by atoms with Crippen molar-refractivity contribution in [3.05, 3.63) is 191 Å². The van der Waals surface area contributed by atoms with Gasteiger partial charge in [0.05, 0.1) is 14.2 Å². The fourth-order valence-corrected chi connectivity index (χ4v) is 5.91. The van der Waals surface area contributed by atoms with Gasteiger partial charge in [-0.2, -0.15) is 0 Å². The van der Waals surface area contributed by atoms with Gasteiger partial charge in [-0.05, 0) is 93.8 Å². The summed E-state index contributed by atoms with van der Waals surface area (Å²) in [5.41, 5.74) is 11.4. The summed E-state index contributed by atoms with van der Waals surface area (Å²) in [6.45, 7) is 6.21. The van der Waals surface area contributed by atoms with Gasteiger partial charge in [0.1, 0.15) is 24.6 Å². The first-order valence-electron chi connectivity index (χ1n) is 17.1. The Morgan fingerprint density at radius 2 is 0.660 bits per heavy atom. The van der Waals surface area contributed by atoms with Crippen LogP contribution in [0, 0.1) is 0 Å². The second kappa shape index (κ2) is 16.4. The van der Waals surface area contributed by atoms with E-state index in [1.165, 1.54) is 11.1 Å². The van der Waals surface area contributed by atoms with Gasteiger partial charge in [0.25, 0.3) is 0 Å². The smallest absolute Gasteiger partial charge is 0.169 e. The van der Waals surface area contributed by atoms with Gasteiger partial charge in [-0.15, -0.1) is 0 Å². The predicted octanol–water partition coefficient (Wildman–Crippen LogP) is 9.67. The van der Waals surface area contributed by atoms with E-state index in [9.17, 15) is 0 Å². The number of hydrogen-bond donors (Lipinski definition) is 0. The molecule has 4 aromatic carbocycles. The number of hydrogen-bond acceptors (Lipinski definition) is 2. The largest absolute Gasteiger partial charge is 0.497 e. The SMILES string of the molecule is CC[n+]1ccc(/C=C/c2ccc(C(=C(c3ccc(OC)cc3)c3ccc(OC)cc3)c3ccc(/C=C/c4cc[n+](CC)cc4)cc3)cc2)cc1. The molecular formula is C46H44N2O2+2. The normalized spacial score (nSPS) is 11.2. The molecule has 6 aromatic rings. The van der Waals surface area contributed by atoms with Crippen LogP contribution in [-0.4, -0.2) is 14.2 Å². The second-order valence-electron chi connectivity index (χ2n) is 12.0. The summed E-state index contributed by atoms with van der Waals surface area (Å²) in [7, 11) is 3.40. The minimum absolute atomic E-state index is 0.822. The molecule has 0 saturated heterocycles. The van der Waals surface area contributed by atoms with Gasteiger partial charge >= 0.3 is 0 Å².